The normalized spacial score (nSPS) is 12.6. The van der Waals surface area contributed by atoms with Gasteiger partial charge in [-0.2, -0.15) is 10.2 Å². The van der Waals surface area contributed by atoms with E-state index in [9.17, 15) is 0 Å². The Morgan fingerprint density at radius 1 is 1.04 bits per heavy atom. The number of nitrogens with one attached hydrogen (secondary N) is 1. The van der Waals surface area contributed by atoms with E-state index >= 15 is 0 Å². The van der Waals surface area contributed by atoms with Crippen molar-refractivity contribution in [3.8, 4) is 23.0 Å². The topological polar surface area (TPSA) is 85.8 Å². The third kappa shape index (κ3) is 2.85. The molecule has 1 N–H and O–H groups in total. The van der Waals surface area contributed by atoms with Gasteiger partial charge in [0, 0.05) is 6.42 Å². The SMILES string of the molecule is Cc1ccc(-c2n[nH]c(CCc3ccc4c(c3)OCO4)n2)nn1. The zero-order valence-electron chi connectivity index (χ0n) is 12.6. The summed E-state index contributed by atoms with van der Waals surface area (Å²) in [5.74, 6) is 2.99. The Kier molecular flexibility index (Phi) is 3.38. The largest absolute Gasteiger partial charge is 0.454 e. The molecule has 1 aromatic carbocycles. The van der Waals surface area contributed by atoms with Crippen LogP contribution in [0, 0.1) is 6.92 Å². The molecule has 4 rings (SSSR count). The molecule has 2 aromatic heterocycles. The van der Waals surface area contributed by atoms with Crippen LogP contribution >= 0.6 is 0 Å². The van der Waals surface area contributed by atoms with Crippen molar-refractivity contribution < 1.29 is 9.47 Å². The van der Waals surface area contributed by atoms with Gasteiger partial charge in [-0.25, -0.2) is 4.98 Å². The van der Waals surface area contributed by atoms with Crippen LogP contribution in [0.5, 0.6) is 11.5 Å². The molecule has 0 aliphatic carbocycles. The van der Waals surface area contributed by atoms with E-state index in [1.807, 2.05) is 37.3 Å². The van der Waals surface area contributed by atoms with Gasteiger partial charge in [0.1, 0.15) is 11.5 Å². The van der Waals surface area contributed by atoms with Crippen LogP contribution in [0.3, 0.4) is 0 Å². The first kappa shape index (κ1) is 13.7. The molecule has 0 saturated carbocycles. The van der Waals surface area contributed by atoms with E-state index in [2.05, 4.69) is 25.4 Å². The van der Waals surface area contributed by atoms with Gasteiger partial charge in [-0.15, -0.1) is 5.10 Å². The van der Waals surface area contributed by atoms with E-state index in [0.717, 1.165) is 35.9 Å². The maximum Gasteiger partial charge on any atom is 0.231 e. The van der Waals surface area contributed by atoms with Crippen molar-refractivity contribution in [2.75, 3.05) is 6.79 Å². The molecule has 23 heavy (non-hydrogen) atoms. The highest BCUT2D eigenvalue weighted by Crippen LogP contribution is 2.32. The Hall–Kier alpha value is -2.96. The van der Waals surface area contributed by atoms with Crippen LogP contribution in [0.1, 0.15) is 17.1 Å². The first-order chi connectivity index (χ1) is 11.3. The molecule has 3 heterocycles. The molecular formula is C16H15N5O2. The summed E-state index contributed by atoms with van der Waals surface area (Å²) < 4.78 is 10.7. The number of H-pyrrole nitrogens is 1. The summed E-state index contributed by atoms with van der Waals surface area (Å²) in [5.41, 5.74) is 2.70. The van der Waals surface area contributed by atoms with Gasteiger partial charge in [0.15, 0.2) is 11.5 Å². The minimum absolute atomic E-state index is 0.293. The number of aryl methyl sites for hydroxylation is 3. The van der Waals surface area contributed by atoms with E-state index in [0.29, 0.717) is 18.3 Å². The number of ether oxygens (including phenoxy) is 2. The molecule has 3 aromatic rings. The van der Waals surface area contributed by atoms with Crippen LogP contribution in [0.25, 0.3) is 11.5 Å². The molecule has 0 radical (unpaired) electrons. The smallest absolute Gasteiger partial charge is 0.231 e. The molecule has 0 bridgehead atoms. The number of rotatable bonds is 4. The van der Waals surface area contributed by atoms with Crippen molar-refractivity contribution in [3.63, 3.8) is 0 Å². The predicted octanol–water partition coefficient (Wildman–Crippen LogP) is 2.08. The number of nitrogens with zero attached hydrogens (tertiary/aromatic N) is 4. The van der Waals surface area contributed by atoms with Gasteiger partial charge >= 0.3 is 0 Å². The number of aromatic nitrogens is 5. The van der Waals surface area contributed by atoms with E-state index in [1.54, 1.807) is 0 Å². The molecule has 1 aliphatic heterocycles. The highest BCUT2D eigenvalue weighted by atomic mass is 16.7. The van der Waals surface area contributed by atoms with E-state index < -0.39 is 0 Å². The summed E-state index contributed by atoms with van der Waals surface area (Å²) in [6.45, 7) is 2.19. The summed E-state index contributed by atoms with van der Waals surface area (Å²) in [4.78, 5) is 4.47. The second-order valence-electron chi connectivity index (χ2n) is 5.35. The fourth-order valence-electron chi connectivity index (χ4n) is 2.40. The van der Waals surface area contributed by atoms with Gasteiger partial charge in [0.25, 0.3) is 0 Å². The van der Waals surface area contributed by atoms with Crippen molar-refractivity contribution in [3.05, 3.63) is 47.4 Å². The Morgan fingerprint density at radius 2 is 1.96 bits per heavy atom. The van der Waals surface area contributed by atoms with Crippen molar-refractivity contribution in [1.29, 1.82) is 0 Å². The molecule has 0 spiro atoms. The third-order valence-electron chi connectivity index (χ3n) is 3.65. The van der Waals surface area contributed by atoms with Crippen LogP contribution in [0.15, 0.2) is 30.3 Å². The van der Waals surface area contributed by atoms with E-state index in [-0.39, 0.29) is 0 Å². The predicted molar refractivity (Wildman–Crippen MR) is 82.1 cm³/mol. The van der Waals surface area contributed by atoms with Crippen LogP contribution < -0.4 is 9.47 Å². The lowest BCUT2D eigenvalue weighted by molar-refractivity contribution is 0.174. The van der Waals surface area contributed by atoms with Crippen LogP contribution in [-0.2, 0) is 12.8 Å². The highest BCUT2D eigenvalue weighted by Gasteiger charge is 2.13. The Labute approximate surface area is 132 Å². The molecular weight excluding hydrogens is 294 g/mol. The van der Waals surface area contributed by atoms with Crippen LogP contribution in [0.2, 0.25) is 0 Å². The van der Waals surface area contributed by atoms with Crippen molar-refractivity contribution >= 4 is 0 Å². The molecule has 0 atom stereocenters. The van der Waals surface area contributed by atoms with Crippen LogP contribution in [-0.4, -0.2) is 32.2 Å². The Morgan fingerprint density at radius 3 is 2.83 bits per heavy atom. The first-order valence-electron chi connectivity index (χ1n) is 7.38. The number of hydrogen-bond donors (Lipinski definition) is 1. The molecule has 116 valence electrons. The minimum Gasteiger partial charge on any atom is -0.454 e. The monoisotopic (exact) mass is 309 g/mol. The fraction of sp³-hybridized carbons (Fsp3) is 0.250. The number of benzene rings is 1. The van der Waals surface area contributed by atoms with E-state index in [1.165, 1.54) is 5.56 Å². The minimum atomic E-state index is 0.293. The lowest BCUT2D eigenvalue weighted by Gasteiger charge is -2.01. The molecule has 1 aliphatic rings. The molecule has 0 amide bonds. The molecule has 0 fully saturated rings. The summed E-state index contributed by atoms with van der Waals surface area (Å²) in [5, 5.41) is 15.3. The number of hydrogen-bond acceptors (Lipinski definition) is 6. The molecule has 7 heteroatoms. The third-order valence-corrected chi connectivity index (χ3v) is 3.65. The average molecular weight is 309 g/mol. The average Bonchev–Trinajstić information content (AvgIpc) is 3.22. The summed E-state index contributed by atoms with van der Waals surface area (Å²) in [6, 6.07) is 9.74. The van der Waals surface area contributed by atoms with E-state index in [4.69, 9.17) is 9.47 Å². The second-order valence-corrected chi connectivity index (χ2v) is 5.35. The Balaban J connectivity index is 1.44. The summed E-state index contributed by atoms with van der Waals surface area (Å²) >= 11 is 0. The summed E-state index contributed by atoms with van der Waals surface area (Å²) in [6.07, 6.45) is 1.59. The van der Waals surface area contributed by atoms with Gasteiger partial charge in [-0.1, -0.05) is 6.07 Å². The summed E-state index contributed by atoms with van der Waals surface area (Å²) in [7, 11) is 0. The molecule has 0 unspecified atom stereocenters. The lowest BCUT2D eigenvalue weighted by atomic mass is 10.1. The van der Waals surface area contributed by atoms with Gasteiger partial charge in [0.2, 0.25) is 12.6 Å². The Bertz CT molecular complexity index is 829. The quantitative estimate of drug-likeness (QED) is 0.794. The van der Waals surface area contributed by atoms with Crippen molar-refractivity contribution in [1.82, 2.24) is 25.4 Å². The van der Waals surface area contributed by atoms with Gasteiger partial charge in [-0.05, 0) is 43.2 Å². The maximum atomic E-state index is 5.39. The van der Waals surface area contributed by atoms with Gasteiger partial charge in [-0.3, -0.25) is 5.10 Å². The van der Waals surface area contributed by atoms with Crippen LogP contribution in [0.4, 0.5) is 0 Å². The maximum absolute atomic E-state index is 5.39. The zero-order valence-corrected chi connectivity index (χ0v) is 12.6. The van der Waals surface area contributed by atoms with Crippen molar-refractivity contribution in [2.24, 2.45) is 0 Å². The van der Waals surface area contributed by atoms with Crippen molar-refractivity contribution in [2.45, 2.75) is 19.8 Å². The number of aromatic amines is 1. The zero-order chi connectivity index (χ0) is 15.6. The molecule has 7 nitrogen and oxygen atoms in total. The highest BCUT2D eigenvalue weighted by molar-refractivity contribution is 5.47. The fourth-order valence-corrected chi connectivity index (χ4v) is 2.40. The second kappa shape index (κ2) is 5.68. The number of fused-ring (bicyclic) bond motifs is 1. The molecule has 0 saturated heterocycles. The first-order valence-corrected chi connectivity index (χ1v) is 7.38. The lowest BCUT2D eigenvalue weighted by Crippen LogP contribution is -1.94. The van der Waals surface area contributed by atoms with Gasteiger partial charge in [0.05, 0.1) is 5.69 Å². The standard InChI is InChI=1S/C16H15N5O2/c1-10-2-5-12(19-18-10)16-17-15(20-21-16)7-4-11-3-6-13-14(8-11)23-9-22-13/h2-3,5-6,8H,4,7,9H2,1H3,(H,17,20,21). The van der Waals surface area contributed by atoms with Gasteiger partial charge < -0.3 is 9.47 Å².